The molecular weight excluding hydrogens is 470 g/mol. The molecule has 1 amide bonds. The Hall–Kier alpha value is -2.88. The number of amides is 1. The van der Waals surface area contributed by atoms with E-state index in [2.05, 4.69) is 25.3 Å². The van der Waals surface area contributed by atoms with Gasteiger partial charge in [-0.05, 0) is 71.0 Å². The van der Waals surface area contributed by atoms with Crippen LogP contribution in [0.4, 0.5) is 5.82 Å². The topological polar surface area (TPSA) is 88.8 Å². The van der Waals surface area contributed by atoms with Crippen LogP contribution in [0.25, 0.3) is 16.2 Å². The maximum atomic E-state index is 12.9. The van der Waals surface area contributed by atoms with Crippen molar-refractivity contribution in [3.8, 4) is 5.95 Å². The number of aromatic nitrogens is 5. The van der Waals surface area contributed by atoms with Gasteiger partial charge in [0.25, 0.3) is 5.95 Å². The highest BCUT2D eigenvalue weighted by Crippen LogP contribution is 2.34. The van der Waals surface area contributed by atoms with Crippen LogP contribution in [0.5, 0.6) is 0 Å². The Morgan fingerprint density at radius 2 is 1.79 bits per heavy atom. The number of rotatable bonds is 5. The van der Waals surface area contributed by atoms with Crippen molar-refractivity contribution in [1.29, 1.82) is 0 Å². The van der Waals surface area contributed by atoms with E-state index in [1.54, 1.807) is 16.0 Å². The zero-order valence-electron chi connectivity index (χ0n) is 19.4. The fourth-order valence-corrected chi connectivity index (χ4v) is 5.64. The van der Waals surface area contributed by atoms with Crippen LogP contribution in [0, 0.1) is 20.8 Å². The summed E-state index contributed by atoms with van der Waals surface area (Å²) in [4.78, 5) is 28.8. The second kappa shape index (κ2) is 9.40. The Kier molecular flexibility index (Phi) is 6.33. The molecule has 4 aromatic rings. The summed E-state index contributed by atoms with van der Waals surface area (Å²) in [5.74, 6) is 1.38. The van der Waals surface area contributed by atoms with Crippen LogP contribution in [0.1, 0.15) is 40.8 Å². The summed E-state index contributed by atoms with van der Waals surface area (Å²) in [6.45, 7) is 7.76. The summed E-state index contributed by atoms with van der Waals surface area (Å²) in [7, 11) is 0. The van der Waals surface area contributed by atoms with Crippen molar-refractivity contribution in [3.63, 3.8) is 0 Å². The van der Waals surface area contributed by atoms with Gasteiger partial charge in [-0.3, -0.25) is 9.69 Å². The van der Waals surface area contributed by atoms with E-state index >= 15 is 0 Å². The van der Waals surface area contributed by atoms with Crippen LogP contribution in [0.2, 0.25) is 5.02 Å². The highest BCUT2D eigenvalue weighted by molar-refractivity contribution is 7.18. The smallest absolute Gasteiger partial charge is 0.252 e. The van der Waals surface area contributed by atoms with E-state index in [0.29, 0.717) is 29.3 Å². The fraction of sp³-hybridized carbons (Fsp3) is 0.375. The van der Waals surface area contributed by atoms with Gasteiger partial charge in [0, 0.05) is 28.4 Å². The molecule has 1 aliphatic heterocycles. The summed E-state index contributed by atoms with van der Waals surface area (Å²) in [6.07, 6.45) is 1.96. The molecule has 0 saturated carbocycles. The van der Waals surface area contributed by atoms with Crippen molar-refractivity contribution in [2.45, 2.75) is 39.5 Å². The SMILES string of the molecule is Cc1cc(C)nc(-n2nc(C)cc2NC(=O)CN2CCC(c3nc4cc(Cl)ccc4s3)CC2)n1. The first-order valence-corrected chi connectivity index (χ1v) is 12.5. The maximum Gasteiger partial charge on any atom is 0.252 e. The molecule has 1 aliphatic rings. The van der Waals surface area contributed by atoms with E-state index in [9.17, 15) is 4.79 Å². The number of nitrogens with one attached hydrogen (secondary N) is 1. The number of piperidine rings is 1. The Morgan fingerprint density at radius 3 is 2.53 bits per heavy atom. The van der Waals surface area contributed by atoms with Crippen LogP contribution < -0.4 is 5.32 Å². The Labute approximate surface area is 207 Å². The average molecular weight is 496 g/mol. The summed E-state index contributed by atoms with van der Waals surface area (Å²) in [5.41, 5.74) is 3.46. The molecule has 10 heteroatoms. The standard InChI is InChI=1S/C24H26ClN7OS/c1-14-10-15(2)27-24(26-14)32-21(11-16(3)30-32)29-22(33)13-31-8-6-17(7-9-31)23-28-19-12-18(25)4-5-20(19)34-23/h4-5,10-12,17H,6-9,13H2,1-3H3,(H,29,33). The molecule has 1 N–H and O–H groups in total. The maximum absolute atomic E-state index is 12.9. The molecular formula is C24H26ClN7OS. The minimum atomic E-state index is -0.0707. The van der Waals surface area contributed by atoms with E-state index in [1.165, 1.54) is 4.70 Å². The van der Waals surface area contributed by atoms with E-state index in [-0.39, 0.29) is 5.91 Å². The normalized spacial score (nSPS) is 15.2. The number of hydrogen-bond donors (Lipinski definition) is 1. The lowest BCUT2D eigenvalue weighted by molar-refractivity contribution is -0.117. The quantitative estimate of drug-likeness (QED) is 0.433. The number of benzene rings is 1. The van der Waals surface area contributed by atoms with Gasteiger partial charge in [-0.15, -0.1) is 11.3 Å². The second-order valence-electron chi connectivity index (χ2n) is 8.80. The van der Waals surface area contributed by atoms with Gasteiger partial charge in [0.15, 0.2) is 0 Å². The number of likely N-dealkylation sites (tertiary alicyclic amines) is 1. The van der Waals surface area contributed by atoms with E-state index < -0.39 is 0 Å². The molecule has 0 atom stereocenters. The molecule has 1 aromatic carbocycles. The predicted octanol–water partition coefficient (Wildman–Crippen LogP) is 4.67. The summed E-state index contributed by atoms with van der Waals surface area (Å²) in [6, 6.07) is 9.61. The Balaban J connectivity index is 1.21. The minimum absolute atomic E-state index is 0.0707. The molecule has 0 spiro atoms. The molecule has 0 aliphatic carbocycles. The molecule has 34 heavy (non-hydrogen) atoms. The van der Waals surface area contributed by atoms with E-state index in [1.807, 2.05) is 51.1 Å². The first kappa shape index (κ1) is 22.9. The zero-order valence-corrected chi connectivity index (χ0v) is 20.9. The van der Waals surface area contributed by atoms with Gasteiger partial charge in [0.2, 0.25) is 5.91 Å². The molecule has 0 unspecified atom stereocenters. The van der Waals surface area contributed by atoms with Crippen LogP contribution >= 0.6 is 22.9 Å². The number of hydrogen-bond acceptors (Lipinski definition) is 7. The molecule has 0 radical (unpaired) electrons. The highest BCUT2D eigenvalue weighted by Gasteiger charge is 2.25. The van der Waals surface area contributed by atoms with Gasteiger partial charge < -0.3 is 5.32 Å². The van der Waals surface area contributed by atoms with Crippen molar-refractivity contribution in [2.24, 2.45) is 0 Å². The van der Waals surface area contributed by atoms with Crippen LogP contribution in [0.15, 0.2) is 30.3 Å². The van der Waals surface area contributed by atoms with Crippen LogP contribution in [-0.2, 0) is 4.79 Å². The third-order valence-electron chi connectivity index (χ3n) is 5.93. The third-order valence-corrected chi connectivity index (χ3v) is 7.36. The van der Waals surface area contributed by atoms with Crippen molar-refractivity contribution in [2.75, 3.05) is 25.0 Å². The summed E-state index contributed by atoms with van der Waals surface area (Å²) in [5, 5.41) is 9.35. The number of nitrogens with zero attached hydrogens (tertiary/aromatic N) is 6. The van der Waals surface area contributed by atoms with Gasteiger partial charge >= 0.3 is 0 Å². The second-order valence-corrected chi connectivity index (χ2v) is 10.3. The molecule has 176 valence electrons. The van der Waals surface area contributed by atoms with E-state index in [0.717, 1.165) is 53.5 Å². The molecule has 0 bridgehead atoms. The van der Waals surface area contributed by atoms with E-state index in [4.69, 9.17) is 16.6 Å². The first-order chi connectivity index (χ1) is 16.3. The van der Waals surface area contributed by atoms with Gasteiger partial charge in [-0.1, -0.05) is 11.6 Å². The number of thiazole rings is 1. The third kappa shape index (κ3) is 4.96. The number of aryl methyl sites for hydroxylation is 3. The number of halogens is 1. The summed E-state index contributed by atoms with van der Waals surface area (Å²) < 4.78 is 2.76. The number of carbonyl (C=O) groups excluding carboxylic acids is 1. The largest absolute Gasteiger partial charge is 0.309 e. The molecule has 5 rings (SSSR count). The summed E-state index contributed by atoms with van der Waals surface area (Å²) >= 11 is 7.85. The predicted molar refractivity (Wildman–Crippen MR) is 135 cm³/mol. The monoisotopic (exact) mass is 495 g/mol. The Morgan fingerprint density at radius 1 is 1.06 bits per heavy atom. The van der Waals surface area contributed by atoms with Crippen molar-refractivity contribution < 1.29 is 4.79 Å². The van der Waals surface area contributed by atoms with Crippen LogP contribution in [-0.4, -0.2) is 55.2 Å². The van der Waals surface area contributed by atoms with Gasteiger partial charge in [-0.2, -0.15) is 9.78 Å². The number of fused-ring (bicyclic) bond motifs is 1. The number of carbonyl (C=O) groups is 1. The fourth-order valence-electron chi connectivity index (χ4n) is 4.36. The highest BCUT2D eigenvalue weighted by atomic mass is 35.5. The molecule has 8 nitrogen and oxygen atoms in total. The van der Waals surface area contributed by atoms with Crippen LogP contribution in [0.3, 0.4) is 0 Å². The average Bonchev–Trinajstić information content (AvgIpc) is 3.36. The number of anilines is 1. The molecule has 1 saturated heterocycles. The van der Waals surface area contributed by atoms with Gasteiger partial charge in [0.05, 0.1) is 27.5 Å². The zero-order chi connectivity index (χ0) is 23.8. The van der Waals surface area contributed by atoms with Gasteiger partial charge in [0.1, 0.15) is 5.82 Å². The minimum Gasteiger partial charge on any atom is -0.309 e. The molecule has 3 aromatic heterocycles. The van der Waals surface area contributed by atoms with Gasteiger partial charge in [-0.25, -0.2) is 15.0 Å². The lowest BCUT2D eigenvalue weighted by Gasteiger charge is -2.30. The lowest BCUT2D eigenvalue weighted by Crippen LogP contribution is -2.39. The van der Waals surface area contributed by atoms with Crippen molar-refractivity contribution in [3.05, 3.63) is 57.4 Å². The molecule has 4 heterocycles. The van der Waals surface area contributed by atoms with Crippen molar-refractivity contribution >= 4 is 44.9 Å². The lowest BCUT2D eigenvalue weighted by atomic mass is 9.97. The molecule has 1 fully saturated rings. The van der Waals surface area contributed by atoms with Crippen molar-refractivity contribution in [1.82, 2.24) is 29.6 Å². The Bertz CT molecular complexity index is 1340. The first-order valence-electron chi connectivity index (χ1n) is 11.3.